The monoisotopic (exact) mass is 237 g/mol. The normalized spacial score (nSPS) is 11.6. The Morgan fingerprint density at radius 3 is 2.43 bits per heavy atom. The van der Waals surface area contributed by atoms with E-state index in [0.717, 1.165) is 10.6 Å². The molecule has 0 bridgehead atoms. The van der Waals surface area contributed by atoms with Crippen LogP contribution in [0.1, 0.15) is 5.69 Å². The quantitative estimate of drug-likeness (QED) is 0.714. The smallest absolute Gasteiger partial charge is 0.274 e. The summed E-state index contributed by atoms with van der Waals surface area (Å²) in [5.41, 5.74) is -0.394. The van der Waals surface area contributed by atoms with Gasteiger partial charge in [-0.1, -0.05) is 0 Å². The molecular formula is C7H8ClNO4S. The fourth-order valence-electron chi connectivity index (χ4n) is 1.01. The number of pyridine rings is 1. The average molecular weight is 238 g/mol. The molecule has 0 fully saturated rings. The van der Waals surface area contributed by atoms with E-state index in [-0.39, 0.29) is 0 Å². The number of aromatic hydroxyl groups is 1. The summed E-state index contributed by atoms with van der Waals surface area (Å²) in [4.78, 5) is 10.6. The van der Waals surface area contributed by atoms with E-state index in [1.165, 1.54) is 7.05 Å². The van der Waals surface area contributed by atoms with E-state index < -0.39 is 25.3 Å². The molecule has 1 rings (SSSR count). The SMILES string of the molecule is Cc1cc(O)c(S(=O)(=O)Cl)c(=O)n1C. The minimum atomic E-state index is -4.21. The number of halogens is 1. The maximum Gasteiger partial charge on any atom is 0.274 e. The molecule has 0 aliphatic carbocycles. The van der Waals surface area contributed by atoms with E-state index in [1.54, 1.807) is 6.92 Å². The third kappa shape index (κ3) is 1.76. The summed E-state index contributed by atoms with van der Waals surface area (Å²) >= 11 is 0. The number of aromatic nitrogens is 1. The van der Waals surface area contributed by atoms with Crippen molar-refractivity contribution >= 4 is 19.7 Å². The van der Waals surface area contributed by atoms with Crippen LogP contribution in [0.2, 0.25) is 0 Å². The highest BCUT2D eigenvalue weighted by atomic mass is 35.7. The Labute approximate surface area is 85.0 Å². The summed E-state index contributed by atoms with van der Waals surface area (Å²) in [5, 5.41) is 9.26. The van der Waals surface area contributed by atoms with Crippen LogP contribution < -0.4 is 5.56 Å². The van der Waals surface area contributed by atoms with Crippen molar-refractivity contribution in [3.63, 3.8) is 0 Å². The van der Waals surface area contributed by atoms with Crippen molar-refractivity contribution < 1.29 is 13.5 Å². The van der Waals surface area contributed by atoms with Gasteiger partial charge in [-0.05, 0) is 6.92 Å². The molecule has 0 unspecified atom stereocenters. The van der Waals surface area contributed by atoms with Gasteiger partial charge in [0.15, 0.2) is 4.90 Å². The highest BCUT2D eigenvalue weighted by Crippen LogP contribution is 2.22. The van der Waals surface area contributed by atoms with Crippen molar-refractivity contribution in [2.75, 3.05) is 0 Å². The van der Waals surface area contributed by atoms with Crippen LogP contribution in [0.5, 0.6) is 5.75 Å². The summed E-state index contributed by atoms with van der Waals surface area (Å²) in [5.74, 6) is -0.624. The molecule has 78 valence electrons. The zero-order valence-corrected chi connectivity index (χ0v) is 9.06. The first-order chi connectivity index (χ1) is 6.25. The van der Waals surface area contributed by atoms with Crippen molar-refractivity contribution in [2.24, 2.45) is 7.05 Å². The van der Waals surface area contributed by atoms with Crippen molar-refractivity contribution in [3.05, 3.63) is 22.1 Å². The predicted octanol–water partition coefficient (Wildman–Crippen LogP) is 0.327. The molecule has 14 heavy (non-hydrogen) atoms. The number of rotatable bonds is 1. The molecule has 0 amide bonds. The van der Waals surface area contributed by atoms with Crippen LogP contribution >= 0.6 is 10.7 Å². The van der Waals surface area contributed by atoms with Gasteiger partial charge in [-0.3, -0.25) is 4.79 Å². The van der Waals surface area contributed by atoms with Gasteiger partial charge in [-0.2, -0.15) is 0 Å². The number of hydrogen-bond acceptors (Lipinski definition) is 4. The van der Waals surface area contributed by atoms with E-state index in [2.05, 4.69) is 0 Å². The van der Waals surface area contributed by atoms with Crippen LogP contribution in [-0.2, 0) is 16.1 Å². The summed E-state index contributed by atoms with van der Waals surface area (Å²) in [6.45, 7) is 1.56. The lowest BCUT2D eigenvalue weighted by molar-refractivity contribution is 0.452. The molecule has 7 heteroatoms. The topological polar surface area (TPSA) is 76.4 Å². The molecule has 1 aromatic rings. The van der Waals surface area contributed by atoms with Crippen LogP contribution in [0.3, 0.4) is 0 Å². The average Bonchev–Trinajstić information content (AvgIpc) is 1.97. The van der Waals surface area contributed by atoms with Gasteiger partial charge >= 0.3 is 0 Å². The molecule has 0 aliphatic heterocycles. The molecule has 1 N–H and O–H groups in total. The number of nitrogens with zero attached hydrogens (tertiary/aromatic N) is 1. The molecule has 0 saturated heterocycles. The molecular weight excluding hydrogens is 230 g/mol. The molecule has 0 spiro atoms. The van der Waals surface area contributed by atoms with Gasteiger partial charge in [0.2, 0.25) is 0 Å². The Balaban J connectivity index is 3.80. The lowest BCUT2D eigenvalue weighted by Crippen LogP contribution is -2.23. The van der Waals surface area contributed by atoms with Gasteiger partial charge in [-0.25, -0.2) is 8.42 Å². The Morgan fingerprint density at radius 2 is 2.00 bits per heavy atom. The van der Waals surface area contributed by atoms with Crippen LogP contribution in [0.25, 0.3) is 0 Å². The minimum absolute atomic E-state index is 0.441. The Morgan fingerprint density at radius 1 is 1.50 bits per heavy atom. The van der Waals surface area contributed by atoms with Crippen molar-refractivity contribution in [2.45, 2.75) is 11.8 Å². The third-order valence-electron chi connectivity index (χ3n) is 1.85. The van der Waals surface area contributed by atoms with E-state index in [9.17, 15) is 18.3 Å². The van der Waals surface area contributed by atoms with E-state index >= 15 is 0 Å². The minimum Gasteiger partial charge on any atom is -0.506 e. The lowest BCUT2D eigenvalue weighted by atomic mass is 10.3. The molecule has 0 aromatic carbocycles. The highest BCUT2D eigenvalue weighted by molar-refractivity contribution is 8.13. The van der Waals surface area contributed by atoms with Gasteiger partial charge in [0.1, 0.15) is 5.75 Å². The van der Waals surface area contributed by atoms with E-state index in [1.807, 2.05) is 0 Å². The standard InChI is InChI=1S/C7H8ClNO4S/c1-4-3-5(10)6(14(8,12)13)7(11)9(4)2/h3,10H,1-2H3. The van der Waals surface area contributed by atoms with Crippen molar-refractivity contribution in [3.8, 4) is 5.75 Å². The van der Waals surface area contributed by atoms with E-state index in [0.29, 0.717) is 5.69 Å². The lowest BCUT2D eigenvalue weighted by Gasteiger charge is -2.06. The summed E-state index contributed by atoms with van der Waals surface area (Å²) in [6, 6.07) is 1.16. The van der Waals surface area contributed by atoms with Crippen LogP contribution in [0, 0.1) is 6.92 Å². The Kier molecular flexibility index (Phi) is 2.60. The van der Waals surface area contributed by atoms with Gasteiger partial charge in [0.05, 0.1) is 0 Å². The van der Waals surface area contributed by atoms with Crippen LogP contribution in [0.15, 0.2) is 15.8 Å². The van der Waals surface area contributed by atoms with Crippen LogP contribution in [0.4, 0.5) is 0 Å². The zero-order chi connectivity index (χ0) is 11.1. The highest BCUT2D eigenvalue weighted by Gasteiger charge is 2.22. The van der Waals surface area contributed by atoms with Crippen molar-refractivity contribution in [1.82, 2.24) is 4.57 Å². The second-order valence-corrected chi connectivity index (χ2v) is 5.30. The molecule has 1 aromatic heterocycles. The molecule has 0 radical (unpaired) electrons. The Hall–Kier alpha value is -1.01. The van der Waals surface area contributed by atoms with Crippen molar-refractivity contribution in [1.29, 1.82) is 0 Å². The summed E-state index contributed by atoms with van der Waals surface area (Å²) in [7, 11) is 2.17. The zero-order valence-electron chi connectivity index (χ0n) is 7.48. The molecule has 0 aliphatic rings. The summed E-state index contributed by atoms with van der Waals surface area (Å²) < 4.78 is 23.0. The maximum atomic E-state index is 11.4. The van der Waals surface area contributed by atoms with Gasteiger partial charge < -0.3 is 9.67 Å². The number of hydrogen-bond donors (Lipinski definition) is 1. The third-order valence-corrected chi connectivity index (χ3v) is 3.18. The van der Waals surface area contributed by atoms with Gasteiger partial charge in [0, 0.05) is 29.5 Å². The largest absolute Gasteiger partial charge is 0.506 e. The Bertz CT molecular complexity index is 531. The van der Waals surface area contributed by atoms with E-state index in [4.69, 9.17) is 10.7 Å². The second kappa shape index (κ2) is 3.29. The first-order valence-corrected chi connectivity index (χ1v) is 5.90. The number of aryl methyl sites for hydroxylation is 1. The molecule has 1 heterocycles. The predicted molar refractivity (Wildman–Crippen MR) is 51.1 cm³/mol. The molecule has 5 nitrogen and oxygen atoms in total. The first-order valence-electron chi connectivity index (χ1n) is 3.59. The first kappa shape index (κ1) is 11.1. The molecule has 0 atom stereocenters. The summed E-state index contributed by atoms with van der Waals surface area (Å²) in [6.07, 6.45) is 0. The fraction of sp³-hybridized carbons (Fsp3) is 0.286. The fourth-order valence-corrected chi connectivity index (χ4v) is 2.10. The van der Waals surface area contributed by atoms with Crippen LogP contribution in [-0.4, -0.2) is 18.1 Å². The molecule has 0 saturated carbocycles. The maximum absolute atomic E-state index is 11.4. The second-order valence-electron chi connectivity index (χ2n) is 2.80. The van der Waals surface area contributed by atoms with Gasteiger partial charge in [-0.15, -0.1) is 0 Å². The van der Waals surface area contributed by atoms with Gasteiger partial charge in [0.25, 0.3) is 14.6 Å².